The molecule has 0 aliphatic carbocycles. The van der Waals surface area contributed by atoms with Gasteiger partial charge in [-0.2, -0.15) is 0 Å². The standard InChI is InChI=1S/C12H16BClO4S.C6H4BrClO2S/c1-11(2)12(3,4)18-13(17-11)9-5-7-10(8-6-9)19(14,15)16;7-5-1-3-6(4-2-5)11(8,9)10/h5-8H,1-4H3;1-4H. The Bertz CT molecular complexity index is 1090. The van der Waals surface area contributed by atoms with Crippen LogP contribution >= 0.6 is 37.3 Å². The molecule has 0 atom stereocenters. The summed E-state index contributed by atoms with van der Waals surface area (Å²) in [6, 6.07) is 12.3. The molecule has 2 aromatic carbocycles. The number of hydrogen-bond acceptors (Lipinski definition) is 6. The lowest BCUT2D eigenvalue weighted by Gasteiger charge is -2.32. The number of rotatable bonds is 3. The molecule has 1 heterocycles. The van der Waals surface area contributed by atoms with Crippen LogP contribution in [0.15, 0.2) is 62.8 Å². The van der Waals surface area contributed by atoms with E-state index in [0.717, 1.165) is 9.94 Å². The van der Waals surface area contributed by atoms with Crippen molar-refractivity contribution in [2.75, 3.05) is 0 Å². The largest absolute Gasteiger partial charge is 0.494 e. The third kappa shape index (κ3) is 6.45. The monoisotopic (exact) mass is 556 g/mol. The molecule has 0 bridgehead atoms. The van der Waals surface area contributed by atoms with Crippen molar-refractivity contribution in [2.24, 2.45) is 0 Å². The topological polar surface area (TPSA) is 86.7 Å². The molecule has 0 saturated carbocycles. The lowest BCUT2D eigenvalue weighted by molar-refractivity contribution is 0.00578. The Balaban J connectivity index is 0.000000248. The Morgan fingerprint density at radius 3 is 1.40 bits per heavy atom. The van der Waals surface area contributed by atoms with Gasteiger partial charge in [-0.3, -0.25) is 0 Å². The fourth-order valence-corrected chi connectivity index (χ4v) is 4.17. The van der Waals surface area contributed by atoms with Gasteiger partial charge in [-0.05, 0) is 69.6 Å². The van der Waals surface area contributed by atoms with Crippen LogP contribution in [0.25, 0.3) is 0 Å². The summed E-state index contributed by atoms with van der Waals surface area (Å²) >= 11 is 3.17. The number of halogens is 3. The third-order valence-corrected chi connectivity index (χ3v) is 8.05. The lowest BCUT2D eigenvalue weighted by Crippen LogP contribution is -2.41. The van der Waals surface area contributed by atoms with Crippen molar-refractivity contribution in [3.63, 3.8) is 0 Å². The van der Waals surface area contributed by atoms with Crippen molar-refractivity contribution < 1.29 is 26.1 Å². The van der Waals surface area contributed by atoms with Gasteiger partial charge in [0.05, 0.1) is 21.0 Å². The second-order valence-corrected chi connectivity index (χ2v) is 13.5. The Hall–Kier alpha value is -0.615. The van der Waals surface area contributed by atoms with Crippen molar-refractivity contribution in [3.8, 4) is 0 Å². The summed E-state index contributed by atoms with van der Waals surface area (Å²) in [5.41, 5.74) is -0.0770. The molecule has 12 heteroatoms. The normalized spacial score (nSPS) is 17.9. The Morgan fingerprint density at radius 2 is 1.07 bits per heavy atom. The van der Waals surface area contributed by atoms with E-state index in [9.17, 15) is 16.8 Å². The highest BCUT2D eigenvalue weighted by Crippen LogP contribution is 2.36. The van der Waals surface area contributed by atoms with Gasteiger partial charge >= 0.3 is 7.12 Å². The highest BCUT2D eigenvalue weighted by atomic mass is 79.9. The number of hydrogen-bond donors (Lipinski definition) is 0. The first-order valence-electron chi connectivity index (χ1n) is 8.63. The number of benzene rings is 2. The minimum atomic E-state index is -3.70. The fourth-order valence-electron chi connectivity index (χ4n) is 2.36. The van der Waals surface area contributed by atoms with E-state index in [1.165, 1.54) is 24.3 Å². The van der Waals surface area contributed by atoms with Crippen molar-refractivity contribution in [3.05, 3.63) is 53.0 Å². The van der Waals surface area contributed by atoms with Gasteiger partial charge in [0.15, 0.2) is 0 Å². The van der Waals surface area contributed by atoms with Crippen LogP contribution in [0.2, 0.25) is 0 Å². The summed E-state index contributed by atoms with van der Waals surface area (Å²) in [4.78, 5) is 0.178. The average molecular weight is 558 g/mol. The molecular weight excluding hydrogens is 538 g/mol. The fraction of sp³-hybridized carbons (Fsp3) is 0.333. The Kier molecular flexibility index (Phi) is 7.77. The van der Waals surface area contributed by atoms with Crippen LogP contribution in [0, 0.1) is 0 Å². The zero-order chi connectivity index (χ0) is 23.0. The van der Waals surface area contributed by atoms with Crippen LogP contribution in [-0.2, 0) is 27.4 Å². The zero-order valence-electron chi connectivity index (χ0n) is 16.6. The summed E-state index contributed by atoms with van der Waals surface area (Å²) in [6.07, 6.45) is 0. The molecule has 6 nitrogen and oxygen atoms in total. The quantitative estimate of drug-likeness (QED) is 0.413. The van der Waals surface area contributed by atoms with Gasteiger partial charge in [0, 0.05) is 25.8 Å². The summed E-state index contributed by atoms with van der Waals surface area (Å²) in [5, 5.41) is 0. The molecule has 1 fully saturated rings. The highest BCUT2D eigenvalue weighted by Gasteiger charge is 2.51. The summed E-state index contributed by atoms with van der Waals surface area (Å²) in [6.45, 7) is 7.85. The summed E-state index contributed by atoms with van der Waals surface area (Å²) < 4.78 is 56.3. The van der Waals surface area contributed by atoms with Crippen LogP contribution in [0.5, 0.6) is 0 Å². The maximum Gasteiger partial charge on any atom is 0.494 e. The first kappa shape index (κ1) is 25.6. The third-order valence-electron chi connectivity index (χ3n) is 4.78. The van der Waals surface area contributed by atoms with Gasteiger partial charge in [0.2, 0.25) is 0 Å². The van der Waals surface area contributed by atoms with E-state index >= 15 is 0 Å². The molecule has 0 unspecified atom stereocenters. The van der Waals surface area contributed by atoms with Crippen LogP contribution in [-0.4, -0.2) is 35.2 Å². The first-order chi connectivity index (χ1) is 13.5. The van der Waals surface area contributed by atoms with E-state index < -0.39 is 36.4 Å². The molecular formula is C18H20BBrCl2O6S2. The minimum Gasteiger partial charge on any atom is -0.399 e. The molecule has 1 aliphatic heterocycles. The molecule has 0 spiro atoms. The van der Waals surface area contributed by atoms with Crippen LogP contribution < -0.4 is 5.46 Å². The van der Waals surface area contributed by atoms with Gasteiger partial charge in [0.1, 0.15) is 0 Å². The molecule has 164 valence electrons. The van der Waals surface area contributed by atoms with E-state index in [4.69, 9.17) is 30.7 Å². The Labute approximate surface area is 195 Å². The van der Waals surface area contributed by atoms with Gasteiger partial charge in [-0.15, -0.1) is 0 Å². The SMILES string of the molecule is CC1(C)OB(c2ccc(S(=O)(=O)Cl)cc2)OC1(C)C.O=S(=O)(Cl)c1ccc(Br)cc1. The van der Waals surface area contributed by atoms with Gasteiger partial charge < -0.3 is 9.31 Å². The smallest absolute Gasteiger partial charge is 0.399 e. The molecule has 30 heavy (non-hydrogen) atoms. The molecule has 0 aromatic heterocycles. The lowest BCUT2D eigenvalue weighted by atomic mass is 9.79. The average Bonchev–Trinajstić information content (AvgIpc) is 2.82. The van der Waals surface area contributed by atoms with Gasteiger partial charge in [-0.1, -0.05) is 28.1 Å². The van der Waals surface area contributed by atoms with Crippen molar-refractivity contribution >= 4 is 68.0 Å². The van der Waals surface area contributed by atoms with E-state index in [1.807, 2.05) is 27.7 Å². The van der Waals surface area contributed by atoms with E-state index in [-0.39, 0.29) is 9.79 Å². The summed E-state index contributed by atoms with van der Waals surface area (Å²) in [7, 11) is 2.57. The second-order valence-electron chi connectivity index (χ2n) is 7.49. The van der Waals surface area contributed by atoms with Crippen LogP contribution in [0.4, 0.5) is 0 Å². The Morgan fingerprint density at radius 1 is 0.733 bits per heavy atom. The van der Waals surface area contributed by atoms with E-state index in [0.29, 0.717) is 0 Å². The first-order valence-corrected chi connectivity index (χ1v) is 14.0. The highest BCUT2D eigenvalue weighted by molar-refractivity contribution is 9.10. The van der Waals surface area contributed by atoms with Crippen LogP contribution in [0.3, 0.4) is 0 Å². The van der Waals surface area contributed by atoms with E-state index in [1.54, 1.807) is 24.3 Å². The maximum absolute atomic E-state index is 11.2. The minimum absolute atomic E-state index is 0.0643. The van der Waals surface area contributed by atoms with Crippen molar-refractivity contribution in [2.45, 2.75) is 48.7 Å². The predicted molar refractivity (Wildman–Crippen MR) is 122 cm³/mol. The molecule has 0 amide bonds. The maximum atomic E-state index is 11.2. The molecule has 1 aliphatic rings. The molecule has 0 radical (unpaired) electrons. The van der Waals surface area contributed by atoms with Crippen molar-refractivity contribution in [1.29, 1.82) is 0 Å². The van der Waals surface area contributed by atoms with Crippen molar-refractivity contribution in [1.82, 2.24) is 0 Å². The van der Waals surface area contributed by atoms with Crippen LogP contribution in [0.1, 0.15) is 27.7 Å². The van der Waals surface area contributed by atoms with Gasteiger partial charge in [0.25, 0.3) is 18.1 Å². The summed E-state index contributed by atoms with van der Waals surface area (Å²) in [5.74, 6) is 0. The predicted octanol–water partition coefficient (Wildman–Crippen LogP) is 4.29. The second kappa shape index (κ2) is 9.09. The van der Waals surface area contributed by atoms with Gasteiger partial charge in [-0.25, -0.2) is 16.8 Å². The van der Waals surface area contributed by atoms with E-state index in [2.05, 4.69) is 15.9 Å². The molecule has 2 aromatic rings. The molecule has 1 saturated heterocycles. The zero-order valence-corrected chi connectivity index (χ0v) is 21.3. The molecule has 3 rings (SSSR count). The molecule has 0 N–H and O–H groups in total.